The summed E-state index contributed by atoms with van der Waals surface area (Å²) in [5.74, 6) is 0. The number of hydrogen-bond donors (Lipinski definition) is 0. The Morgan fingerprint density at radius 2 is 1.88 bits per heavy atom. The fourth-order valence-electron chi connectivity index (χ4n) is 3.10. The fourth-order valence-corrected chi connectivity index (χ4v) is 4.65. The Morgan fingerprint density at radius 1 is 1.17 bits per heavy atom. The van der Waals surface area contributed by atoms with Crippen molar-refractivity contribution in [2.75, 3.05) is 19.6 Å². The topological polar surface area (TPSA) is 58.4 Å². The van der Waals surface area contributed by atoms with E-state index in [0.29, 0.717) is 19.6 Å². The Balaban J connectivity index is 1.76. The van der Waals surface area contributed by atoms with Crippen molar-refractivity contribution in [3.05, 3.63) is 48.4 Å². The molecule has 1 aliphatic rings. The molecule has 2 aromatic rings. The SMILES string of the molecule is Cn1cnc(S(=O)(=O)N2CCN(Cc3ccccc3)C(C)(C)C2)c1. The molecule has 0 spiro atoms. The summed E-state index contributed by atoms with van der Waals surface area (Å²) in [7, 11) is -1.76. The molecule has 0 unspecified atom stereocenters. The Labute approximate surface area is 143 Å². The Morgan fingerprint density at radius 3 is 2.46 bits per heavy atom. The highest BCUT2D eigenvalue weighted by molar-refractivity contribution is 7.89. The first-order chi connectivity index (χ1) is 11.3. The van der Waals surface area contributed by atoms with Crippen molar-refractivity contribution in [2.24, 2.45) is 7.05 Å². The van der Waals surface area contributed by atoms with Crippen LogP contribution in [0.15, 0.2) is 47.9 Å². The summed E-state index contributed by atoms with van der Waals surface area (Å²) in [6.45, 7) is 6.65. The lowest BCUT2D eigenvalue weighted by Crippen LogP contribution is -2.59. The van der Waals surface area contributed by atoms with Crippen LogP contribution in [0.1, 0.15) is 19.4 Å². The monoisotopic (exact) mass is 348 g/mol. The van der Waals surface area contributed by atoms with Crippen molar-refractivity contribution in [3.63, 3.8) is 0 Å². The van der Waals surface area contributed by atoms with Crippen LogP contribution in [0.25, 0.3) is 0 Å². The van der Waals surface area contributed by atoms with Crippen LogP contribution in [0, 0.1) is 0 Å². The number of imidazole rings is 1. The van der Waals surface area contributed by atoms with Gasteiger partial charge in [-0.3, -0.25) is 4.90 Å². The van der Waals surface area contributed by atoms with E-state index in [4.69, 9.17) is 0 Å². The molecule has 6 nitrogen and oxygen atoms in total. The minimum atomic E-state index is -3.53. The molecule has 0 aliphatic carbocycles. The molecule has 24 heavy (non-hydrogen) atoms. The largest absolute Gasteiger partial charge is 0.339 e. The van der Waals surface area contributed by atoms with E-state index < -0.39 is 10.0 Å². The normalized spacial score (nSPS) is 19.5. The average molecular weight is 348 g/mol. The lowest BCUT2D eigenvalue weighted by atomic mass is 9.99. The molecule has 1 aromatic carbocycles. The molecule has 0 amide bonds. The standard InChI is InChI=1S/C17H24N4O2S/c1-17(2)13-21(24(22,23)16-12-19(3)14-18-16)10-9-20(17)11-15-7-5-4-6-8-15/h4-8,12,14H,9-11,13H2,1-3H3. The number of aromatic nitrogens is 2. The van der Waals surface area contributed by atoms with Crippen LogP contribution in [-0.2, 0) is 23.6 Å². The van der Waals surface area contributed by atoms with Crippen LogP contribution in [0.3, 0.4) is 0 Å². The number of benzene rings is 1. The van der Waals surface area contributed by atoms with Crippen LogP contribution < -0.4 is 0 Å². The number of nitrogens with zero attached hydrogens (tertiary/aromatic N) is 4. The lowest BCUT2D eigenvalue weighted by molar-refractivity contribution is 0.0472. The fraction of sp³-hybridized carbons (Fsp3) is 0.471. The van der Waals surface area contributed by atoms with E-state index in [0.717, 1.165) is 6.54 Å². The molecule has 1 fully saturated rings. The molecule has 0 atom stereocenters. The second-order valence-corrected chi connectivity index (χ2v) is 8.82. The van der Waals surface area contributed by atoms with Crippen LogP contribution in [-0.4, -0.2) is 52.3 Å². The molecule has 2 heterocycles. The van der Waals surface area contributed by atoms with Gasteiger partial charge in [-0.2, -0.15) is 4.31 Å². The number of aryl methyl sites for hydroxylation is 1. The minimum Gasteiger partial charge on any atom is -0.339 e. The van der Waals surface area contributed by atoms with Gasteiger partial charge in [-0.15, -0.1) is 0 Å². The highest BCUT2D eigenvalue weighted by Crippen LogP contribution is 2.26. The van der Waals surface area contributed by atoms with Crippen molar-refractivity contribution >= 4 is 10.0 Å². The Kier molecular flexibility index (Phi) is 4.50. The third-order valence-corrected chi connectivity index (χ3v) is 6.27. The summed E-state index contributed by atoms with van der Waals surface area (Å²) in [5.41, 5.74) is 1.00. The maximum Gasteiger partial charge on any atom is 0.262 e. The Hall–Kier alpha value is -1.70. The first kappa shape index (κ1) is 17.1. The van der Waals surface area contributed by atoms with Crippen LogP contribution >= 0.6 is 0 Å². The second-order valence-electron chi connectivity index (χ2n) is 6.94. The molecule has 1 saturated heterocycles. The van der Waals surface area contributed by atoms with Gasteiger partial charge >= 0.3 is 0 Å². The van der Waals surface area contributed by atoms with Gasteiger partial charge in [0.15, 0.2) is 5.03 Å². The van der Waals surface area contributed by atoms with E-state index in [1.807, 2.05) is 18.2 Å². The summed E-state index contributed by atoms with van der Waals surface area (Å²) in [5, 5.41) is 0.123. The van der Waals surface area contributed by atoms with Crippen molar-refractivity contribution in [3.8, 4) is 0 Å². The number of sulfonamides is 1. The predicted octanol–water partition coefficient (Wildman–Crippen LogP) is 1.71. The molecule has 0 radical (unpaired) electrons. The molecule has 1 aromatic heterocycles. The Bertz CT molecular complexity index is 799. The quantitative estimate of drug-likeness (QED) is 0.844. The van der Waals surface area contributed by atoms with Crippen molar-refractivity contribution in [1.82, 2.24) is 18.8 Å². The van der Waals surface area contributed by atoms with E-state index >= 15 is 0 Å². The number of rotatable bonds is 4. The second kappa shape index (κ2) is 6.31. The molecule has 0 bridgehead atoms. The van der Waals surface area contributed by atoms with E-state index in [-0.39, 0.29) is 10.6 Å². The number of hydrogen-bond acceptors (Lipinski definition) is 4. The molecule has 1 aliphatic heterocycles. The molecule has 130 valence electrons. The predicted molar refractivity (Wildman–Crippen MR) is 92.9 cm³/mol. The summed E-state index contributed by atoms with van der Waals surface area (Å²) in [6, 6.07) is 10.3. The molecule has 7 heteroatoms. The molecular weight excluding hydrogens is 324 g/mol. The molecule has 3 rings (SSSR count). The first-order valence-electron chi connectivity index (χ1n) is 8.06. The zero-order chi connectivity index (χ0) is 17.4. The van der Waals surface area contributed by atoms with Gasteiger partial charge < -0.3 is 4.57 Å². The highest BCUT2D eigenvalue weighted by Gasteiger charge is 2.39. The first-order valence-corrected chi connectivity index (χ1v) is 9.50. The lowest BCUT2D eigenvalue weighted by Gasteiger charge is -2.46. The smallest absolute Gasteiger partial charge is 0.262 e. The van der Waals surface area contributed by atoms with Gasteiger partial charge in [0.2, 0.25) is 0 Å². The summed E-state index contributed by atoms with van der Waals surface area (Å²) < 4.78 is 28.8. The van der Waals surface area contributed by atoms with Crippen molar-refractivity contribution in [1.29, 1.82) is 0 Å². The molecular formula is C17H24N4O2S. The van der Waals surface area contributed by atoms with E-state index in [9.17, 15) is 8.42 Å². The average Bonchev–Trinajstić information content (AvgIpc) is 2.97. The summed E-state index contributed by atoms with van der Waals surface area (Å²) >= 11 is 0. The summed E-state index contributed by atoms with van der Waals surface area (Å²) in [4.78, 5) is 6.36. The third-order valence-electron chi connectivity index (χ3n) is 4.54. The van der Waals surface area contributed by atoms with Gasteiger partial charge in [0.1, 0.15) is 0 Å². The molecule has 0 N–H and O–H groups in total. The minimum absolute atomic E-state index is 0.123. The van der Waals surface area contributed by atoms with Crippen LogP contribution in [0.5, 0.6) is 0 Å². The van der Waals surface area contributed by atoms with Crippen molar-refractivity contribution in [2.45, 2.75) is 31.0 Å². The van der Waals surface area contributed by atoms with Gasteiger partial charge in [0.05, 0.1) is 6.33 Å². The van der Waals surface area contributed by atoms with E-state index in [1.54, 1.807) is 22.1 Å². The van der Waals surface area contributed by atoms with Gasteiger partial charge in [-0.1, -0.05) is 30.3 Å². The van der Waals surface area contributed by atoms with E-state index in [1.165, 1.54) is 11.9 Å². The van der Waals surface area contributed by atoms with Gasteiger partial charge in [-0.25, -0.2) is 13.4 Å². The number of piperazine rings is 1. The zero-order valence-electron chi connectivity index (χ0n) is 14.4. The van der Waals surface area contributed by atoms with Gasteiger partial charge in [0, 0.05) is 45.0 Å². The zero-order valence-corrected chi connectivity index (χ0v) is 15.2. The maximum atomic E-state index is 12.8. The third kappa shape index (κ3) is 3.38. The van der Waals surface area contributed by atoms with Crippen LogP contribution in [0.4, 0.5) is 0 Å². The maximum absolute atomic E-state index is 12.8. The van der Waals surface area contributed by atoms with Crippen LogP contribution in [0.2, 0.25) is 0 Å². The van der Waals surface area contributed by atoms with E-state index in [2.05, 4.69) is 35.9 Å². The summed E-state index contributed by atoms with van der Waals surface area (Å²) in [6.07, 6.45) is 3.07. The van der Waals surface area contributed by atoms with Gasteiger partial charge in [0.25, 0.3) is 10.0 Å². The molecule has 0 saturated carbocycles. The van der Waals surface area contributed by atoms with Gasteiger partial charge in [-0.05, 0) is 19.4 Å². The van der Waals surface area contributed by atoms with Crippen molar-refractivity contribution < 1.29 is 8.42 Å². The highest BCUT2D eigenvalue weighted by atomic mass is 32.2.